The van der Waals surface area contributed by atoms with E-state index in [4.69, 9.17) is 16.6 Å². The summed E-state index contributed by atoms with van der Waals surface area (Å²) in [5, 5.41) is 15.7. The number of thiazole rings is 1. The van der Waals surface area contributed by atoms with E-state index in [1.165, 1.54) is 0 Å². The molecule has 0 saturated carbocycles. The first-order valence-electron chi connectivity index (χ1n) is 11.9. The third-order valence-electron chi connectivity index (χ3n) is 5.59. The molecular weight excluding hydrogens is 482 g/mol. The second kappa shape index (κ2) is 12.7. The van der Waals surface area contributed by atoms with Gasteiger partial charge in [0.2, 0.25) is 0 Å². The van der Waals surface area contributed by atoms with E-state index >= 15 is 0 Å². The largest absolute Gasteiger partial charge is 0.480 e. The number of carbonyl (C=O) groups excluding carboxylic acids is 1. The van der Waals surface area contributed by atoms with Crippen LogP contribution in [0.3, 0.4) is 0 Å². The average molecular weight is 514 g/mol. The van der Waals surface area contributed by atoms with Crippen molar-refractivity contribution in [3.63, 3.8) is 0 Å². The Morgan fingerprint density at radius 2 is 1.86 bits per heavy atom. The number of benzene rings is 2. The Morgan fingerprint density at radius 3 is 2.49 bits per heavy atom. The maximum atomic E-state index is 12.6. The smallest absolute Gasteiger partial charge is 0.326 e. The van der Waals surface area contributed by atoms with Crippen molar-refractivity contribution in [2.45, 2.75) is 52.6 Å². The predicted octanol–water partition coefficient (Wildman–Crippen LogP) is 6.50. The molecule has 0 fully saturated rings. The third kappa shape index (κ3) is 7.54. The Labute approximate surface area is 216 Å². The Morgan fingerprint density at radius 1 is 1.14 bits per heavy atom. The van der Waals surface area contributed by atoms with E-state index in [1.807, 2.05) is 55.6 Å². The van der Waals surface area contributed by atoms with Crippen LogP contribution in [-0.2, 0) is 11.3 Å². The summed E-state index contributed by atoms with van der Waals surface area (Å²) < 4.78 is 0. The molecule has 186 valence electrons. The molecule has 2 N–H and O–H groups in total. The van der Waals surface area contributed by atoms with E-state index in [2.05, 4.69) is 17.1 Å². The summed E-state index contributed by atoms with van der Waals surface area (Å²) >= 11 is 7.95. The minimum absolute atomic E-state index is 0.164. The van der Waals surface area contributed by atoms with Gasteiger partial charge < -0.3 is 15.3 Å². The maximum Gasteiger partial charge on any atom is 0.326 e. The van der Waals surface area contributed by atoms with Gasteiger partial charge in [-0.25, -0.2) is 9.78 Å². The number of carbonyl (C=O) groups is 2. The molecule has 8 heteroatoms. The van der Waals surface area contributed by atoms with Crippen molar-refractivity contribution < 1.29 is 14.7 Å². The highest BCUT2D eigenvalue weighted by Gasteiger charge is 2.22. The number of amides is 1. The van der Waals surface area contributed by atoms with Crippen LogP contribution in [0.1, 0.15) is 56.0 Å². The molecule has 1 atom stereocenters. The number of hydrogen-bond acceptors (Lipinski definition) is 5. The van der Waals surface area contributed by atoms with Gasteiger partial charge in [0.25, 0.3) is 5.91 Å². The molecule has 35 heavy (non-hydrogen) atoms. The first-order chi connectivity index (χ1) is 16.8. The van der Waals surface area contributed by atoms with E-state index in [0.717, 1.165) is 41.3 Å². The van der Waals surface area contributed by atoms with Crippen LogP contribution in [0.2, 0.25) is 5.02 Å². The van der Waals surface area contributed by atoms with Crippen molar-refractivity contribution in [2.24, 2.45) is 5.92 Å². The van der Waals surface area contributed by atoms with Gasteiger partial charge in [-0.15, -0.1) is 11.3 Å². The molecule has 0 bridgehead atoms. The average Bonchev–Trinajstić information content (AvgIpc) is 3.31. The van der Waals surface area contributed by atoms with Crippen LogP contribution in [0.15, 0.2) is 53.9 Å². The number of nitrogens with one attached hydrogen (secondary N) is 1. The van der Waals surface area contributed by atoms with Gasteiger partial charge in [0.15, 0.2) is 5.13 Å². The lowest BCUT2D eigenvalue weighted by molar-refractivity contribution is -0.139. The fourth-order valence-electron chi connectivity index (χ4n) is 3.71. The van der Waals surface area contributed by atoms with Gasteiger partial charge in [-0.3, -0.25) is 4.79 Å². The van der Waals surface area contributed by atoms with E-state index in [9.17, 15) is 14.7 Å². The van der Waals surface area contributed by atoms with Crippen LogP contribution in [0.5, 0.6) is 0 Å². The highest BCUT2D eigenvalue weighted by molar-refractivity contribution is 7.14. The zero-order valence-electron chi connectivity index (χ0n) is 20.3. The third-order valence-corrected chi connectivity index (χ3v) is 6.83. The summed E-state index contributed by atoms with van der Waals surface area (Å²) in [7, 11) is 0. The molecule has 0 aliphatic rings. The van der Waals surface area contributed by atoms with Gasteiger partial charge in [0.05, 0.1) is 5.69 Å². The van der Waals surface area contributed by atoms with Gasteiger partial charge in [-0.05, 0) is 42.5 Å². The van der Waals surface area contributed by atoms with Crippen molar-refractivity contribution in [1.29, 1.82) is 0 Å². The lowest BCUT2D eigenvalue weighted by Crippen LogP contribution is -2.41. The van der Waals surface area contributed by atoms with Crippen LogP contribution < -0.4 is 10.2 Å². The van der Waals surface area contributed by atoms with Crippen LogP contribution in [0.4, 0.5) is 5.13 Å². The zero-order chi connectivity index (χ0) is 25.4. The second-order valence-electron chi connectivity index (χ2n) is 8.96. The summed E-state index contributed by atoms with van der Waals surface area (Å²) in [6, 6.07) is 14.1. The fraction of sp³-hybridized carbons (Fsp3) is 0.370. The van der Waals surface area contributed by atoms with Gasteiger partial charge in [0.1, 0.15) is 6.04 Å². The van der Waals surface area contributed by atoms with E-state index in [-0.39, 0.29) is 11.8 Å². The molecule has 1 amide bonds. The number of hydrogen-bond donors (Lipinski definition) is 2. The predicted molar refractivity (Wildman–Crippen MR) is 143 cm³/mol. The second-order valence-corrected chi connectivity index (χ2v) is 10.2. The molecule has 3 aromatic rings. The number of carboxylic acids is 1. The normalized spacial score (nSPS) is 11.9. The van der Waals surface area contributed by atoms with Gasteiger partial charge in [-0.1, -0.05) is 69.1 Å². The van der Waals surface area contributed by atoms with Gasteiger partial charge >= 0.3 is 5.97 Å². The van der Waals surface area contributed by atoms with Crippen LogP contribution in [0, 0.1) is 5.92 Å². The molecule has 0 spiro atoms. The molecule has 2 aromatic carbocycles. The molecule has 1 unspecified atom stereocenters. The van der Waals surface area contributed by atoms with Crippen LogP contribution >= 0.6 is 22.9 Å². The maximum absolute atomic E-state index is 12.6. The summed E-state index contributed by atoms with van der Waals surface area (Å²) in [4.78, 5) is 31.2. The molecule has 6 nitrogen and oxygen atoms in total. The zero-order valence-corrected chi connectivity index (χ0v) is 21.9. The lowest BCUT2D eigenvalue weighted by Gasteiger charge is -2.22. The summed E-state index contributed by atoms with van der Waals surface area (Å²) in [6.07, 6.45) is 2.49. The molecule has 1 aromatic heterocycles. The van der Waals surface area contributed by atoms with Crippen LogP contribution in [0.25, 0.3) is 11.3 Å². The first-order valence-corrected chi connectivity index (χ1v) is 13.1. The van der Waals surface area contributed by atoms with Crippen LogP contribution in [-0.4, -0.2) is 34.6 Å². The molecule has 0 radical (unpaired) electrons. The highest BCUT2D eigenvalue weighted by Crippen LogP contribution is 2.32. The van der Waals surface area contributed by atoms with Crippen molar-refractivity contribution in [1.82, 2.24) is 10.3 Å². The van der Waals surface area contributed by atoms with E-state index in [1.54, 1.807) is 23.5 Å². The minimum atomic E-state index is -1.02. The number of unbranched alkanes of at least 4 members (excludes halogenated alkanes) is 1. The fourth-order valence-corrected chi connectivity index (χ4v) is 4.80. The Hall–Kier alpha value is -2.90. The number of rotatable bonds is 12. The van der Waals surface area contributed by atoms with Crippen molar-refractivity contribution in [2.75, 3.05) is 11.4 Å². The summed E-state index contributed by atoms with van der Waals surface area (Å²) in [5.41, 5.74) is 3.27. The first kappa shape index (κ1) is 26.7. The molecular formula is C27H32ClN3O3S. The molecule has 0 saturated heterocycles. The molecule has 3 rings (SSSR count). The highest BCUT2D eigenvalue weighted by atomic mass is 35.5. The number of carboxylic acid groups (broad SMARTS) is 1. The van der Waals surface area contributed by atoms with Gasteiger partial charge in [-0.2, -0.15) is 0 Å². The number of halogens is 1. The number of nitrogens with zero attached hydrogens (tertiary/aromatic N) is 2. The monoisotopic (exact) mass is 513 g/mol. The Bertz CT molecular complexity index is 1130. The SMILES string of the molecule is CCCCN(Cc1ccc(C(=O)NC(CC(C)C)C(=O)O)cc1)c1nc(-c2ccccc2Cl)cs1. The number of anilines is 1. The van der Waals surface area contributed by atoms with Gasteiger partial charge in [0, 0.05) is 34.6 Å². The van der Waals surface area contributed by atoms with Crippen molar-refractivity contribution in [3.05, 3.63) is 70.1 Å². The van der Waals surface area contributed by atoms with Crippen molar-refractivity contribution >= 4 is 39.9 Å². The number of aromatic nitrogens is 1. The standard InChI is InChI=1S/C27H32ClN3O3S/c1-4-5-14-31(27-30-24(17-35-27)21-8-6-7-9-22(21)28)16-19-10-12-20(13-11-19)25(32)29-23(26(33)34)15-18(2)3/h6-13,17-18,23H,4-5,14-16H2,1-3H3,(H,29,32)(H,33,34). The molecule has 0 aliphatic carbocycles. The number of aliphatic carboxylic acids is 1. The summed E-state index contributed by atoms with van der Waals surface area (Å²) in [5.74, 6) is -1.23. The molecule has 0 aliphatic heterocycles. The van der Waals surface area contributed by atoms with Crippen molar-refractivity contribution in [3.8, 4) is 11.3 Å². The van der Waals surface area contributed by atoms with E-state index < -0.39 is 12.0 Å². The van der Waals surface area contributed by atoms with E-state index in [0.29, 0.717) is 23.6 Å². The quantitative estimate of drug-likeness (QED) is 0.289. The molecule has 1 heterocycles. The Balaban J connectivity index is 1.72. The Kier molecular flexibility index (Phi) is 9.69. The lowest BCUT2D eigenvalue weighted by atomic mass is 10.0. The topological polar surface area (TPSA) is 82.5 Å². The minimum Gasteiger partial charge on any atom is -0.480 e. The summed E-state index contributed by atoms with van der Waals surface area (Å²) in [6.45, 7) is 7.54.